The van der Waals surface area contributed by atoms with Crippen LogP contribution in [0.1, 0.15) is 207 Å². The number of carboxylic acids is 1. The zero-order valence-electron chi connectivity index (χ0n) is 27.7. The van der Waals surface area contributed by atoms with E-state index in [-0.39, 0.29) is 0 Å². The SMILES string of the molecule is CCCCCCCCCCCCCCCCCC(=O)O.CCCCCCCCCCCCN(CCC)CCC. The van der Waals surface area contributed by atoms with E-state index in [9.17, 15) is 4.79 Å². The number of unbranched alkanes of at least 4 members (excludes halogenated alkanes) is 23. The lowest BCUT2D eigenvalue weighted by Gasteiger charge is -2.20. The van der Waals surface area contributed by atoms with E-state index in [2.05, 4.69) is 32.6 Å². The van der Waals surface area contributed by atoms with Crippen LogP contribution >= 0.6 is 0 Å². The van der Waals surface area contributed by atoms with Crippen LogP contribution in [-0.2, 0) is 4.79 Å². The molecule has 0 rings (SSSR count). The summed E-state index contributed by atoms with van der Waals surface area (Å²) in [7, 11) is 0. The minimum absolute atomic E-state index is 0.345. The second-order valence-electron chi connectivity index (χ2n) is 12.1. The molecule has 0 saturated heterocycles. The Hall–Kier alpha value is -0.570. The van der Waals surface area contributed by atoms with Crippen LogP contribution in [0.4, 0.5) is 0 Å². The van der Waals surface area contributed by atoms with Crippen molar-refractivity contribution < 1.29 is 9.90 Å². The third kappa shape index (κ3) is 39.6. The molecule has 0 aliphatic heterocycles. The smallest absolute Gasteiger partial charge is 0.303 e. The van der Waals surface area contributed by atoms with Gasteiger partial charge in [0.25, 0.3) is 0 Å². The lowest BCUT2D eigenvalue weighted by Crippen LogP contribution is -2.26. The van der Waals surface area contributed by atoms with Gasteiger partial charge in [0.05, 0.1) is 0 Å². The van der Waals surface area contributed by atoms with E-state index < -0.39 is 5.97 Å². The maximum atomic E-state index is 10.3. The zero-order chi connectivity index (χ0) is 29.1. The van der Waals surface area contributed by atoms with E-state index >= 15 is 0 Å². The molecule has 0 unspecified atom stereocenters. The van der Waals surface area contributed by atoms with Crippen LogP contribution in [0, 0.1) is 0 Å². The Morgan fingerprint density at radius 3 is 0.949 bits per heavy atom. The van der Waals surface area contributed by atoms with Gasteiger partial charge in [-0.15, -0.1) is 0 Å². The van der Waals surface area contributed by atoms with Crippen molar-refractivity contribution in [1.29, 1.82) is 0 Å². The van der Waals surface area contributed by atoms with Crippen LogP contribution in [0.15, 0.2) is 0 Å². The average Bonchev–Trinajstić information content (AvgIpc) is 2.92. The van der Waals surface area contributed by atoms with Gasteiger partial charge in [-0.25, -0.2) is 0 Å². The Morgan fingerprint density at radius 1 is 0.385 bits per heavy atom. The van der Waals surface area contributed by atoms with Gasteiger partial charge in [-0.2, -0.15) is 0 Å². The molecule has 0 aliphatic rings. The molecule has 236 valence electrons. The van der Waals surface area contributed by atoms with Gasteiger partial charge < -0.3 is 10.0 Å². The number of aliphatic carboxylic acids is 1. The molecule has 3 nitrogen and oxygen atoms in total. The molecule has 3 heteroatoms. The Bertz CT molecular complexity index is 434. The van der Waals surface area contributed by atoms with Gasteiger partial charge in [0, 0.05) is 6.42 Å². The Morgan fingerprint density at radius 2 is 0.667 bits per heavy atom. The van der Waals surface area contributed by atoms with Crippen molar-refractivity contribution in [3.8, 4) is 0 Å². The Kier molecular flexibility index (Phi) is 38.9. The fraction of sp³-hybridized carbons (Fsp3) is 0.972. The number of nitrogens with zero attached hydrogens (tertiary/aromatic N) is 1. The van der Waals surface area contributed by atoms with Crippen molar-refractivity contribution in [3.63, 3.8) is 0 Å². The van der Waals surface area contributed by atoms with Crippen molar-refractivity contribution in [2.45, 2.75) is 207 Å². The quantitative estimate of drug-likeness (QED) is 0.0868. The first-order valence-electron chi connectivity index (χ1n) is 18.1. The molecule has 0 bridgehead atoms. The summed E-state index contributed by atoms with van der Waals surface area (Å²) in [5.74, 6) is -0.653. The molecule has 39 heavy (non-hydrogen) atoms. The molecule has 0 heterocycles. The first kappa shape index (κ1) is 40.6. The molecule has 0 aliphatic carbocycles. The van der Waals surface area contributed by atoms with Gasteiger partial charge in [0.1, 0.15) is 0 Å². The molecule has 1 N–H and O–H groups in total. The van der Waals surface area contributed by atoms with Crippen LogP contribution in [0.3, 0.4) is 0 Å². The third-order valence-electron chi connectivity index (χ3n) is 7.90. The van der Waals surface area contributed by atoms with Crippen molar-refractivity contribution >= 4 is 5.97 Å². The Labute approximate surface area is 247 Å². The number of carbonyl (C=O) groups is 1. The summed E-state index contributed by atoms with van der Waals surface area (Å²) in [6.45, 7) is 13.1. The normalized spacial score (nSPS) is 11.1. The Balaban J connectivity index is 0. The molecule has 0 atom stereocenters. The fourth-order valence-electron chi connectivity index (χ4n) is 5.44. The maximum Gasteiger partial charge on any atom is 0.303 e. The third-order valence-corrected chi connectivity index (χ3v) is 7.90. The van der Waals surface area contributed by atoms with Crippen LogP contribution in [-0.4, -0.2) is 35.6 Å². The van der Waals surface area contributed by atoms with Crippen molar-refractivity contribution in [1.82, 2.24) is 4.90 Å². The molecule has 0 aromatic heterocycles. The van der Waals surface area contributed by atoms with Gasteiger partial charge in [0.2, 0.25) is 0 Å². The van der Waals surface area contributed by atoms with E-state index in [1.165, 1.54) is 180 Å². The highest BCUT2D eigenvalue weighted by Gasteiger charge is 2.01. The standard InChI is InChI=1S/C18H39N.C18H36O2/c1-4-7-8-9-10-11-12-13-14-15-18-19(16-5-2)17-6-3;1-2-3-4-5-6-7-8-9-10-11-12-13-14-15-16-17-18(19)20/h4-18H2,1-3H3;2-17H2,1H3,(H,19,20). The maximum absolute atomic E-state index is 10.3. The predicted molar refractivity (Wildman–Crippen MR) is 176 cm³/mol. The van der Waals surface area contributed by atoms with Gasteiger partial charge >= 0.3 is 5.97 Å². The second-order valence-corrected chi connectivity index (χ2v) is 12.1. The largest absolute Gasteiger partial charge is 0.481 e. The lowest BCUT2D eigenvalue weighted by atomic mass is 10.0. The highest BCUT2D eigenvalue weighted by atomic mass is 16.4. The van der Waals surface area contributed by atoms with E-state index in [0.29, 0.717) is 6.42 Å². The molecular formula is C36H75NO2. The fourth-order valence-corrected chi connectivity index (χ4v) is 5.44. The van der Waals surface area contributed by atoms with Crippen molar-refractivity contribution in [3.05, 3.63) is 0 Å². The highest BCUT2D eigenvalue weighted by Crippen LogP contribution is 2.14. The number of hydrogen-bond acceptors (Lipinski definition) is 2. The van der Waals surface area contributed by atoms with Crippen LogP contribution in [0.5, 0.6) is 0 Å². The molecule has 0 amide bonds. The monoisotopic (exact) mass is 554 g/mol. The summed E-state index contributed by atoms with van der Waals surface area (Å²) in [6, 6.07) is 0. The van der Waals surface area contributed by atoms with Gasteiger partial charge in [-0.3, -0.25) is 4.79 Å². The predicted octanol–water partition coefficient (Wildman–Crippen LogP) is 12.4. The van der Waals surface area contributed by atoms with Gasteiger partial charge in [-0.05, 0) is 45.3 Å². The average molecular weight is 554 g/mol. The van der Waals surface area contributed by atoms with Gasteiger partial charge in [-0.1, -0.05) is 175 Å². The molecule has 0 aromatic carbocycles. The van der Waals surface area contributed by atoms with Crippen molar-refractivity contribution in [2.24, 2.45) is 0 Å². The number of carboxylic acid groups (broad SMARTS) is 1. The molecule has 0 radical (unpaired) electrons. The minimum Gasteiger partial charge on any atom is -0.481 e. The summed E-state index contributed by atoms with van der Waals surface area (Å²) in [5.41, 5.74) is 0. The summed E-state index contributed by atoms with van der Waals surface area (Å²) in [4.78, 5) is 13.0. The highest BCUT2D eigenvalue weighted by molar-refractivity contribution is 5.66. The van der Waals surface area contributed by atoms with E-state index in [0.717, 1.165) is 12.8 Å². The zero-order valence-corrected chi connectivity index (χ0v) is 27.7. The van der Waals surface area contributed by atoms with Crippen LogP contribution in [0.2, 0.25) is 0 Å². The summed E-state index contributed by atoms with van der Waals surface area (Å²) in [5, 5.41) is 8.52. The molecular weight excluding hydrogens is 478 g/mol. The summed E-state index contributed by atoms with van der Waals surface area (Å²) in [6.07, 6.45) is 37.3. The summed E-state index contributed by atoms with van der Waals surface area (Å²) < 4.78 is 0. The van der Waals surface area contributed by atoms with Crippen molar-refractivity contribution in [2.75, 3.05) is 19.6 Å². The molecule has 0 saturated carbocycles. The first-order valence-corrected chi connectivity index (χ1v) is 18.1. The molecule has 0 fully saturated rings. The number of hydrogen-bond donors (Lipinski definition) is 1. The van der Waals surface area contributed by atoms with Gasteiger partial charge in [0.15, 0.2) is 0 Å². The van der Waals surface area contributed by atoms with E-state index in [1.54, 1.807) is 0 Å². The summed E-state index contributed by atoms with van der Waals surface area (Å²) >= 11 is 0. The first-order chi connectivity index (χ1) is 19.1. The topological polar surface area (TPSA) is 40.5 Å². The van der Waals surface area contributed by atoms with E-state index in [1.807, 2.05) is 0 Å². The lowest BCUT2D eigenvalue weighted by molar-refractivity contribution is -0.137. The minimum atomic E-state index is -0.653. The van der Waals surface area contributed by atoms with E-state index in [4.69, 9.17) is 5.11 Å². The molecule has 0 spiro atoms. The number of rotatable bonds is 31. The molecule has 0 aromatic rings. The van der Waals surface area contributed by atoms with Crippen LogP contribution < -0.4 is 0 Å². The second kappa shape index (κ2) is 37.4. The van der Waals surface area contributed by atoms with Crippen LogP contribution in [0.25, 0.3) is 0 Å².